The van der Waals surface area contributed by atoms with E-state index in [0.717, 1.165) is 18.6 Å². The maximum absolute atomic E-state index is 12.3. The average molecular weight is 372 g/mol. The molecule has 1 aromatic carbocycles. The molecule has 1 aliphatic rings. The number of piperidine rings is 1. The second-order valence-electron chi connectivity index (χ2n) is 6.52. The number of carbonyl (C=O) groups is 2. The van der Waals surface area contributed by atoms with Gasteiger partial charge >= 0.3 is 0 Å². The normalized spacial score (nSPS) is 16.8. The molecule has 0 aliphatic carbocycles. The number of nitrogens with zero attached hydrogens (tertiary/aromatic N) is 3. The van der Waals surface area contributed by atoms with Crippen LogP contribution in [0.3, 0.4) is 0 Å². The molecule has 1 aromatic heterocycles. The number of ether oxygens (including phenoxy) is 1. The molecule has 3 rings (SSSR count). The number of benzene rings is 1. The van der Waals surface area contributed by atoms with Crippen LogP contribution in [0.15, 0.2) is 42.7 Å². The molecule has 2 heterocycles. The van der Waals surface area contributed by atoms with Gasteiger partial charge in [-0.2, -0.15) is 5.10 Å². The number of carbonyl (C=O) groups excluding carboxylic acids is 2. The lowest BCUT2D eigenvalue weighted by molar-refractivity contribution is -0.135. The zero-order chi connectivity index (χ0) is 19.1. The predicted molar refractivity (Wildman–Crippen MR) is 99.2 cm³/mol. The molecule has 1 unspecified atom stereocenters. The molecule has 144 valence electrons. The van der Waals surface area contributed by atoms with Crippen molar-refractivity contribution >= 4 is 17.5 Å². The summed E-state index contributed by atoms with van der Waals surface area (Å²) >= 11 is 0. The summed E-state index contributed by atoms with van der Waals surface area (Å²) in [5.41, 5.74) is 0.534. The number of rotatable bonds is 7. The van der Waals surface area contributed by atoms with Crippen molar-refractivity contribution < 1.29 is 19.4 Å². The first-order chi connectivity index (χ1) is 13.1. The average Bonchev–Trinajstić information content (AvgIpc) is 3.09. The van der Waals surface area contributed by atoms with Crippen molar-refractivity contribution in [2.45, 2.75) is 31.9 Å². The molecule has 8 nitrogen and oxygen atoms in total. The molecule has 1 saturated heterocycles. The standard InChI is InChI=1S/C19H24N4O4/c24-16-5-4-9-22(13-16)19(26)14-23-12-15(11-20-23)21-18(25)8-10-27-17-6-2-1-3-7-17/h1-3,6-7,11-12,16,24H,4-5,8-10,13-14H2,(H,21,25). The van der Waals surface area contributed by atoms with E-state index in [0.29, 0.717) is 18.8 Å². The smallest absolute Gasteiger partial charge is 0.244 e. The first kappa shape index (κ1) is 18.9. The molecular weight excluding hydrogens is 348 g/mol. The van der Waals surface area contributed by atoms with Crippen LogP contribution >= 0.6 is 0 Å². The van der Waals surface area contributed by atoms with E-state index in [1.165, 1.54) is 10.9 Å². The van der Waals surface area contributed by atoms with E-state index >= 15 is 0 Å². The van der Waals surface area contributed by atoms with Crippen LogP contribution < -0.4 is 10.1 Å². The van der Waals surface area contributed by atoms with Crippen LogP contribution in [0.5, 0.6) is 5.75 Å². The SMILES string of the molecule is O=C(CCOc1ccccc1)Nc1cnn(CC(=O)N2CCCC(O)C2)c1. The number of aliphatic hydroxyl groups is 1. The molecule has 8 heteroatoms. The van der Waals surface area contributed by atoms with Crippen molar-refractivity contribution in [2.24, 2.45) is 0 Å². The largest absolute Gasteiger partial charge is 0.493 e. The molecule has 2 aromatic rings. The van der Waals surface area contributed by atoms with Crippen LogP contribution in [0.2, 0.25) is 0 Å². The molecule has 0 bridgehead atoms. The highest BCUT2D eigenvalue weighted by molar-refractivity contribution is 5.90. The number of amides is 2. The Bertz CT molecular complexity index is 762. The van der Waals surface area contributed by atoms with Gasteiger partial charge in [0.2, 0.25) is 11.8 Å². The minimum atomic E-state index is -0.451. The lowest BCUT2D eigenvalue weighted by Crippen LogP contribution is -2.43. The van der Waals surface area contributed by atoms with Gasteiger partial charge in [-0.3, -0.25) is 14.3 Å². The fourth-order valence-corrected chi connectivity index (χ4v) is 2.94. The van der Waals surface area contributed by atoms with Gasteiger partial charge < -0.3 is 20.1 Å². The van der Waals surface area contributed by atoms with Crippen LogP contribution in [-0.2, 0) is 16.1 Å². The zero-order valence-electron chi connectivity index (χ0n) is 15.1. The third-order valence-electron chi connectivity index (χ3n) is 4.30. The molecule has 0 saturated carbocycles. The number of nitrogens with one attached hydrogen (secondary N) is 1. The van der Waals surface area contributed by atoms with E-state index in [-0.39, 0.29) is 31.4 Å². The fourth-order valence-electron chi connectivity index (χ4n) is 2.94. The minimum absolute atomic E-state index is 0.0830. The number of likely N-dealkylation sites (tertiary alicyclic amines) is 1. The van der Waals surface area contributed by atoms with Crippen LogP contribution in [0.25, 0.3) is 0 Å². The molecule has 1 aliphatic heterocycles. The van der Waals surface area contributed by atoms with Crippen molar-refractivity contribution in [2.75, 3.05) is 25.0 Å². The predicted octanol–water partition coefficient (Wildman–Crippen LogP) is 1.27. The maximum Gasteiger partial charge on any atom is 0.244 e. The second-order valence-corrected chi connectivity index (χ2v) is 6.52. The summed E-state index contributed by atoms with van der Waals surface area (Å²) < 4.78 is 6.98. The number of aliphatic hydroxyl groups excluding tert-OH is 1. The van der Waals surface area contributed by atoms with Gasteiger partial charge in [0.15, 0.2) is 0 Å². The van der Waals surface area contributed by atoms with E-state index < -0.39 is 6.10 Å². The zero-order valence-corrected chi connectivity index (χ0v) is 15.1. The minimum Gasteiger partial charge on any atom is -0.493 e. The monoisotopic (exact) mass is 372 g/mol. The summed E-state index contributed by atoms with van der Waals surface area (Å²) in [4.78, 5) is 25.9. The van der Waals surface area contributed by atoms with Crippen LogP contribution in [-0.4, -0.2) is 57.4 Å². The Morgan fingerprint density at radius 2 is 2.11 bits per heavy atom. The van der Waals surface area contributed by atoms with Crippen molar-refractivity contribution in [3.05, 3.63) is 42.7 Å². The Hall–Kier alpha value is -2.87. The Kier molecular flexibility index (Phi) is 6.43. The first-order valence-electron chi connectivity index (χ1n) is 9.06. The Morgan fingerprint density at radius 1 is 1.30 bits per heavy atom. The lowest BCUT2D eigenvalue weighted by atomic mass is 10.1. The lowest BCUT2D eigenvalue weighted by Gasteiger charge is -2.30. The number of hydrogen-bond donors (Lipinski definition) is 2. The summed E-state index contributed by atoms with van der Waals surface area (Å²) in [6.45, 7) is 1.38. The summed E-state index contributed by atoms with van der Waals surface area (Å²) in [6, 6.07) is 9.31. The van der Waals surface area contributed by atoms with Gasteiger partial charge in [0, 0.05) is 19.3 Å². The Labute approximate surface area is 157 Å². The Morgan fingerprint density at radius 3 is 2.89 bits per heavy atom. The third kappa shape index (κ3) is 5.82. The van der Waals surface area contributed by atoms with Crippen molar-refractivity contribution in [3.8, 4) is 5.75 Å². The highest BCUT2D eigenvalue weighted by atomic mass is 16.5. The van der Waals surface area contributed by atoms with Gasteiger partial charge in [-0.05, 0) is 25.0 Å². The van der Waals surface area contributed by atoms with Crippen LogP contribution in [0.1, 0.15) is 19.3 Å². The third-order valence-corrected chi connectivity index (χ3v) is 4.30. The number of hydrogen-bond acceptors (Lipinski definition) is 5. The number of β-amino-alcohol motifs (C(OH)–C–C–N with tert-alkyl or cyclic N) is 1. The van der Waals surface area contributed by atoms with Gasteiger partial charge in [0.05, 0.1) is 31.0 Å². The van der Waals surface area contributed by atoms with E-state index in [9.17, 15) is 14.7 Å². The highest BCUT2D eigenvalue weighted by Gasteiger charge is 2.22. The second kappa shape index (κ2) is 9.18. The van der Waals surface area contributed by atoms with Gasteiger partial charge in [0.1, 0.15) is 12.3 Å². The molecule has 1 atom stereocenters. The molecule has 0 radical (unpaired) electrons. The van der Waals surface area contributed by atoms with Crippen LogP contribution in [0, 0.1) is 0 Å². The summed E-state index contributed by atoms with van der Waals surface area (Å²) in [5, 5.41) is 16.5. The molecule has 0 spiro atoms. The number of aromatic nitrogens is 2. The summed E-state index contributed by atoms with van der Waals surface area (Å²) in [5.74, 6) is 0.446. The van der Waals surface area contributed by atoms with Gasteiger partial charge in [-0.25, -0.2) is 0 Å². The topological polar surface area (TPSA) is 96.7 Å². The van der Waals surface area contributed by atoms with Gasteiger partial charge in [0.25, 0.3) is 0 Å². The quantitative estimate of drug-likeness (QED) is 0.763. The first-order valence-corrected chi connectivity index (χ1v) is 9.06. The molecule has 2 N–H and O–H groups in total. The maximum atomic E-state index is 12.3. The number of para-hydroxylation sites is 1. The molecule has 2 amide bonds. The van der Waals surface area contributed by atoms with Crippen LogP contribution in [0.4, 0.5) is 5.69 Å². The van der Waals surface area contributed by atoms with Crippen molar-refractivity contribution in [3.63, 3.8) is 0 Å². The fraction of sp³-hybridized carbons (Fsp3) is 0.421. The van der Waals surface area contributed by atoms with E-state index in [4.69, 9.17) is 4.74 Å². The van der Waals surface area contributed by atoms with Crippen molar-refractivity contribution in [1.82, 2.24) is 14.7 Å². The van der Waals surface area contributed by atoms with E-state index in [2.05, 4.69) is 10.4 Å². The molecular formula is C19H24N4O4. The molecule has 1 fully saturated rings. The molecule has 27 heavy (non-hydrogen) atoms. The summed E-state index contributed by atoms with van der Waals surface area (Å²) in [6.07, 6.45) is 4.43. The Balaban J connectivity index is 1.42. The van der Waals surface area contributed by atoms with E-state index in [1.807, 2.05) is 30.3 Å². The summed E-state index contributed by atoms with van der Waals surface area (Å²) in [7, 11) is 0. The van der Waals surface area contributed by atoms with E-state index in [1.54, 1.807) is 11.1 Å². The highest BCUT2D eigenvalue weighted by Crippen LogP contribution is 2.12. The van der Waals surface area contributed by atoms with Crippen molar-refractivity contribution in [1.29, 1.82) is 0 Å². The number of anilines is 1. The van der Waals surface area contributed by atoms with Gasteiger partial charge in [-0.1, -0.05) is 18.2 Å². The van der Waals surface area contributed by atoms with Gasteiger partial charge in [-0.15, -0.1) is 0 Å².